The first-order chi connectivity index (χ1) is 17.4. The van der Waals surface area contributed by atoms with Gasteiger partial charge in [-0.25, -0.2) is 4.79 Å². The highest BCUT2D eigenvalue weighted by Crippen LogP contribution is 2.19. The fraction of sp³-hybridized carbons (Fsp3) is 0.458. The fourth-order valence-electron chi connectivity index (χ4n) is 3.68. The van der Waals surface area contributed by atoms with Crippen molar-refractivity contribution < 1.29 is 34.2 Å². The van der Waals surface area contributed by atoms with Gasteiger partial charge in [-0.05, 0) is 30.4 Å². The molecule has 0 radical (unpaired) electrons. The number of hydrogen-bond acceptors (Lipinski definition) is 7. The van der Waals surface area contributed by atoms with Crippen LogP contribution in [0.4, 0.5) is 0 Å². The van der Waals surface area contributed by atoms with Crippen LogP contribution in [0, 0.1) is 5.92 Å². The molecule has 1 aromatic carbocycles. The molecule has 202 valence electrons. The van der Waals surface area contributed by atoms with Gasteiger partial charge in [-0.15, -0.1) is 0 Å². The maximum atomic E-state index is 13.1. The van der Waals surface area contributed by atoms with Gasteiger partial charge in [0.2, 0.25) is 17.7 Å². The fourth-order valence-corrected chi connectivity index (χ4v) is 3.93. The molecular formula is C24H33N5O7S. The SMILES string of the molecule is CC(C)C(NC(=O)C(N)Cc1c[nH]c2ccccc12)C(=O)NC(CCC(=O)O)C(=O)NC(CS)C(=O)O. The van der Waals surface area contributed by atoms with Crippen LogP contribution in [-0.2, 0) is 30.4 Å². The molecule has 37 heavy (non-hydrogen) atoms. The van der Waals surface area contributed by atoms with E-state index in [4.69, 9.17) is 15.9 Å². The summed E-state index contributed by atoms with van der Waals surface area (Å²) in [6, 6.07) is 2.83. The lowest BCUT2D eigenvalue weighted by Gasteiger charge is -2.26. The Kier molecular flexibility index (Phi) is 10.9. The molecule has 1 heterocycles. The third-order valence-corrected chi connectivity index (χ3v) is 6.14. The smallest absolute Gasteiger partial charge is 0.327 e. The van der Waals surface area contributed by atoms with Crippen LogP contribution in [0.3, 0.4) is 0 Å². The third kappa shape index (κ3) is 8.50. The van der Waals surface area contributed by atoms with Crippen LogP contribution < -0.4 is 21.7 Å². The number of carboxylic acids is 2. The number of H-pyrrole nitrogens is 1. The number of aromatic nitrogens is 1. The number of carboxylic acid groups (broad SMARTS) is 2. The van der Waals surface area contributed by atoms with Crippen LogP contribution in [0.25, 0.3) is 10.9 Å². The van der Waals surface area contributed by atoms with Crippen LogP contribution in [-0.4, -0.2) is 74.8 Å². The summed E-state index contributed by atoms with van der Waals surface area (Å²) < 4.78 is 0. The van der Waals surface area contributed by atoms with Crippen LogP contribution >= 0.6 is 12.6 Å². The number of aliphatic carboxylic acids is 2. The summed E-state index contributed by atoms with van der Waals surface area (Å²) in [5, 5.41) is 26.4. The Hall–Kier alpha value is -3.58. The number of nitrogens with two attached hydrogens (primary N) is 1. The molecule has 4 atom stereocenters. The molecular weight excluding hydrogens is 502 g/mol. The summed E-state index contributed by atoms with van der Waals surface area (Å²) >= 11 is 3.88. The number of benzene rings is 1. The molecule has 2 aromatic rings. The second-order valence-electron chi connectivity index (χ2n) is 8.98. The van der Waals surface area contributed by atoms with Crippen LogP contribution in [0.5, 0.6) is 0 Å². The number of thiol groups is 1. The molecule has 0 spiro atoms. The van der Waals surface area contributed by atoms with Gasteiger partial charge in [-0.2, -0.15) is 12.6 Å². The van der Waals surface area contributed by atoms with E-state index in [0.717, 1.165) is 16.5 Å². The number of carbonyl (C=O) groups is 5. The van der Waals surface area contributed by atoms with E-state index in [0.29, 0.717) is 0 Å². The molecule has 0 saturated heterocycles. The van der Waals surface area contributed by atoms with Gasteiger partial charge >= 0.3 is 11.9 Å². The Morgan fingerprint density at radius 1 is 0.973 bits per heavy atom. The summed E-state index contributed by atoms with van der Waals surface area (Å²) in [6.07, 6.45) is 1.24. The molecule has 8 N–H and O–H groups in total. The van der Waals surface area contributed by atoms with Gasteiger partial charge < -0.3 is 36.9 Å². The van der Waals surface area contributed by atoms with Crippen molar-refractivity contribution in [2.24, 2.45) is 11.7 Å². The van der Waals surface area contributed by atoms with Gasteiger partial charge in [0.1, 0.15) is 18.1 Å². The molecule has 0 aliphatic heterocycles. The number of carbonyl (C=O) groups excluding carboxylic acids is 3. The van der Waals surface area contributed by atoms with E-state index in [1.165, 1.54) is 0 Å². The highest BCUT2D eigenvalue weighted by Gasteiger charge is 2.32. The largest absolute Gasteiger partial charge is 0.481 e. The maximum absolute atomic E-state index is 13.1. The van der Waals surface area contributed by atoms with Crippen molar-refractivity contribution in [3.8, 4) is 0 Å². The van der Waals surface area contributed by atoms with Gasteiger partial charge in [0.15, 0.2) is 0 Å². The molecule has 13 heteroatoms. The molecule has 2 rings (SSSR count). The molecule has 3 amide bonds. The molecule has 12 nitrogen and oxygen atoms in total. The van der Waals surface area contributed by atoms with Crippen molar-refractivity contribution >= 4 is 53.2 Å². The predicted molar refractivity (Wildman–Crippen MR) is 139 cm³/mol. The zero-order valence-corrected chi connectivity index (χ0v) is 21.5. The van der Waals surface area contributed by atoms with E-state index < -0.39 is 66.2 Å². The lowest BCUT2D eigenvalue weighted by Crippen LogP contribution is -2.58. The number of para-hydroxylation sites is 1. The summed E-state index contributed by atoms with van der Waals surface area (Å²) in [5.41, 5.74) is 7.87. The second-order valence-corrected chi connectivity index (χ2v) is 9.34. The van der Waals surface area contributed by atoms with Gasteiger partial charge in [-0.3, -0.25) is 19.2 Å². The average molecular weight is 536 g/mol. The zero-order valence-electron chi connectivity index (χ0n) is 20.6. The van der Waals surface area contributed by atoms with E-state index in [9.17, 15) is 24.0 Å². The molecule has 0 fully saturated rings. The molecule has 0 aliphatic rings. The van der Waals surface area contributed by atoms with Crippen molar-refractivity contribution in [1.82, 2.24) is 20.9 Å². The molecule has 0 aliphatic carbocycles. The van der Waals surface area contributed by atoms with Gasteiger partial charge in [0, 0.05) is 29.3 Å². The van der Waals surface area contributed by atoms with Crippen molar-refractivity contribution in [1.29, 1.82) is 0 Å². The first-order valence-corrected chi connectivity index (χ1v) is 12.3. The quantitative estimate of drug-likeness (QED) is 0.155. The van der Waals surface area contributed by atoms with E-state index in [1.54, 1.807) is 20.0 Å². The molecule has 4 unspecified atom stereocenters. The normalized spacial score (nSPS) is 14.4. The Balaban J connectivity index is 2.10. The molecule has 0 saturated carbocycles. The predicted octanol–water partition coefficient (Wildman–Crippen LogP) is 0.0273. The summed E-state index contributed by atoms with van der Waals surface area (Å²) in [5.74, 6) is -5.33. The highest BCUT2D eigenvalue weighted by molar-refractivity contribution is 7.80. The molecule has 1 aromatic heterocycles. The van der Waals surface area contributed by atoms with Crippen LogP contribution in [0.15, 0.2) is 30.5 Å². The van der Waals surface area contributed by atoms with Crippen molar-refractivity contribution in [2.45, 2.75) is 57.3 Å². The first-order valence-electron chi connectivity index (χ1n) is 11.7. The Bertz CT molecular complexity index is 1140. The number of fused-ring (bicyclic) bond motifs is 1. The van der Waals surface area contributed by atoms with Crippen molar-refractivity contribution in [3.05, 3.63) is 36.0 Å². The summed E-state index contributed by atoms with van der Waals surface area (Å²) in [6.45, 7) is 3.37. The van der Waals surface area contributed by atoms with Crippen LogP contribution in [0.2, 0.25) is 0 Å². The minimum atomic E-state index is -1.34. The highest BCUT2D eigenvalue weighted by atomic mass is 32.1. The number of rotatable bonds is 14. The van der Waals surface area contributed by atoms with Gasteiger partial charge in [0.05, 0.1) is 6.04 Å². The first kappa shape index (κ1) is 29.6. The number of hydrogen-bond donors (Lipinski definition) is 8. The standard InChI is InChI=1S/C24H33N5O7S/c1-12(2)20(29-21(32)15(25)9-13-10-26-16-6-4-3-5-14(13)16)23(34)27-17(7-8-19(30)31)22(33)28-18(11-37)24(35)36/h3-6,10,12,15,17-18,20,26,37H,7-9,11,25H2,1-2H3,(H,27,34)(H,28,33)(H,29,32)(H,30,31)(H,35,36). The lowest BCUT2D eigenvalue weighted by atomic mass is 10.00. The van der Waals surface area contributed by atoms with Crippen molar-refractivity contribution in [2.75, 3.05) is 5.75 Å². The van der Waals surface area contributed by atoms with Gasteiger partial charge in [-0.1, -0.05) is 32.0 Å². The van der Waals surface area contributed by atoms with E-state index in [1.807, 2.05) is 24.3 Å². The summed E-state index contributed by atoms with van der Waals surface area (Å²) in [7, 11) is 0. The van der Waals surface area contributed by atoms with Crippen molar-refractivity contribution in [3.63, 3.8) is 0 Å². The Morgan fingerprint density at radius 3 is 2.22 bits per heavy atom. The van der Waals surface area contributed by atoms with E-state index in [-0.39, 0.29) is 18.6 Å². The maximum Gasteiger partial charge on any atom is 0.327 e. The van der Waals surface area contributed by atoms with E-state index in [2.05, 4.69) is 33.6 Å². The molecule has 0 bridgehead atoms. The number of aromatic amines is 1. The zero-order chi connectivity index (χ0) is 27.7. The number of amides is 3. The minimum Gasteiger partial charge on any atom is -0.481 e. The lowest BCUT2D eigenvalue weighted by molar-refractivity contribution is -0.142. The topological polar surface area (TPSA) is 204 Å². The Morgan fingerprint density at radius 2 is 1.62 bits per heavy atom. The average Bonchev–Trinajstić information content (AvgIpc) is 3.25. The third-order valence-electron chi connectivity index (χ3n) is 5.78. The minimum absolute atomic E-state index is 0.209. The monoisotopic (exact) mass is 535 g/mol. The summed E-state index contributed by atoms with van der Waals surface area (Å²) in [4.78, 5) is 64.0. The Labute approximate surface area is 219 Å². The van der Waals surface area contributed by atoms with E-state index >= 15 is 0 Å². The second kappa shape index (κ2) is 13.7. The number of nitrogens with one attached hydrogen (secondary N) is 4. The van der Waals surface area contributed by atoms with Crippen LogP contribution in [0.1, 0.15) is 32.3 Å². The van der Waals surface area contributed by atoms with Gasteiger partial charge in [0.25, 0.3) is 0 Å².